The third kappa shape index (κ3) is 3.47. The van der Waals surface area contributed by atoms with Gasteiger partial charge in [-0.2, -0.15) is 9.78 Å². The van der Waals surface area contributed by atoms with Crippen LogP contribution in [0.2, 0.25) is 0 Å². The van der Waals surface area contributed by atoms with Crippen molar-refractivity contribution in [3.8, 4) is 16.6 Å². The number of rotatable bonds is 6. The first-order chi connectivity index (χ1) is 13.6. The molecule has 142 valence electrons. The Labute approximate surface area is 162 Å². The predicted molar refractivity (Wildman–Crippen MR) is 100 cm³/mol. The van der Waals surface area contributed by atoms with Crippen molar-refractivity contribution in [3.63, 3.8) is 0 Å². The van der Waals surface area contributed by atoms with Gasteiger partial charge in [0.25, 0.3) is 11.5 Å². The van der Waals surface area contributed by atoms with Gasteiger partial charge in [0.15, 0.2) is 11.5 Å². The summed E-state index contributed by atoms with van der Waals surface area (Å²) in [6.07, 6.45) is 3.19. The highest BCUT2D eigenvalue weighted by molar-refractivity contribution is 7.12. The molecule has 4 rings (SSSR count). The fourth-order valence-corrected chi connectivity index (χ4v) is 3.20. The molecule has 0 spiro atoms. The van der Waals surface area contributed by atoms with E-state index < -0.39 is 0 Å². The number of nitrogens with one attached hydrogen (secondary N) is 1. The van der Waals surface area contributed by atoms with Crippen molar-refractivity contribution in [1.82, 2.24) is 35.1 Å². The van der Waals surface area contributed by atoms with Crippen LogP contribution in [-0.2, 0) is 6.54 Å². The summed E-state index contributed by atoms with van der Waals surface area (Å²) in [5.41, 5.74) is 1.07. The fourth-order valence-electron chi connectivity index (χ4n) is 2.57. The Balaban J connectivity index is 1.43. The zero-order chi connectivity index (χ0) is 19.5. The molecular weight excluding hydrogens is 382 g/mol. The molecule has 0 atom stereocenters. The van der Waals surface area contributed by atoms with Gasteiger partial charge in [-0.05, 0) is 25.1 Å². The lowest BCUT2D eigenvalue weighted by Crippen LogP contribution is -2.32. The molecule has 0 fully saturated rings. The molecule has 10 nitrogen and oxygen atoms in total. The number of amides is 1. The van der Waals surface area contributed by atoms with Crippen molar-refractivity contribution >= 4 is 17.2 Å². The van der Waals surface area contributed by atoms with Gasteiger partial charge in [0, 0.05) is 24.2 Å². The van der Waals surface area contributed by atoms with Crippen molar-refractivity contribution in [2.45, 2.75) is 13.5 Å². The van der Waals surface area contributed by atoms with Crippen molar-refractivity contribution in [2.24, 2.45) is 0 Å². The summed E-state index contributed by atoms with van der Waals surface area (Å²) < 4.78 is 8.08. The fraction of sp³-hybridized carbons (Fsp3) is 0.176. The number of hydrogen-bond acceptors (Lipinski definition) is 8. The van der Waals surface area contributed by atoms with E-state index in [0.717, 1.165) is 0 Å². The molecule has 0 radical (unpaired) electrons. The SMILES string of the molecule is Cc1c(C(=O)NCCn2nc(-c3ccco3)ccc2=O)nnn1-c1nccs1. The molecule has 0 unspecified atom stereocenters. The molecule has 0 aliphatic heterocycles. The van der Waals surface area contributed by atoms with Crippen LogP contribution in [0, 0.1) is 6.92 Å². The predicted octanol–water partition coefficient (Wildman–Crippen LogP) is 1.28. The maximum absolute atomic E-state index is 12.4. The molecule has 1 N–H and O–H groups in total. The Morgan fingerprint density at radius 2 is 2.21 bits per heavy atom. The minimum atomic E-state index is -0.379. The summed E-state index contributed by atoms with van der Waals surface area (Å²) in [6.45, 7) is 2.16. The van der Waals surface area contributed by atoms with Crippen molar-refractivity contribution < 1.29 is 9.21 Å². The van der Waals surface area contributed by atoms with Gasteiger partial charge < -0.3 is 9.73 Å². The Morgan fingerprint density at radius 1 is 1.32 bits per heavy atom. The minimum absolute atomic E-state index is 0.205. The molecule has 11 heteroatoms. The smallest absolute Gasteiger partial charge is 0.273 e. The molecule has 0 aliphatic carbocycles. The van der Waals surface area contributed by atoms with Crippen LogP contribution in [0.5, 0.6) is 0 Å². The van der Waals surface area contributed by atoms with E-state index in [1.165, 1.54) is 33.0 Å². The third-order valence-corrected chi connectivity index (χ3v) is 4.71. The van der Waals surface area contributed by atoms with Gasteiger partial charge in [-0.25, -0.2) is 9.67 Å². The first-order valence-corrected chi connectivity index (χ1v) is 9.24. The molecule has 0 aromatic carbocycles. The summed E-state index contributed by atoms with van der Waals surface area (Å²) in [5.74, 6) is 0.183. The van der Waals surface area contributed by atoms with Crippen LogP contribution in [0.15, 0.2) is 51.3 Å². The van der Waals surface area contributed by atoms with Crippen LogP contribution >= 0.6 is 11.3 Å². The first kappa shape index (κ1) is 17.8. The van der Waals surface area contributed by atoms with Gasteiger partial charge in [0.2, 0.25) is 5.13 Å². The highest BCUT2D eigenvalue weighted by Gasteiger charge is 2.18. The van der Waals surface area contributed by atoms with E-state index in [4.69, 9.17) is 4.42 Å². The topological polar surface area (TPSA) is 121 Å². The van der Waals surface area contributed by atoms with Crippen LogP contribution in [0.25, 0.3) is 16.6 Å². The normalized spacial score (nSPS) is 10.9. The molecule has 0 saturated heterocycles. The Hall–Kier alpha value is -3.60. The Bertz CT molecular complexity index is 1150. The molecule has 4 heterocycles. The second-order valence-electron chi connectivity index (χ2n) is 5.76. The molecule has 0 saturated carbocycles. The summed E-state index contributed by atoms with van der Waals surface area (Å²) in [5, 5.41) is 17.4. The van der Waals surface area contributed by atoms with Crippen molar-refractivity contribution in [3.05, 3.63) is 63.8 Å². The number of nitrogens with zero attached hydrogens (tertiary/aromatic N) is 6. The van der Waals surface area contributed by atoms with E-state index in [-0.39, 0.29) is 30.2 Å². The third-order valence-electron chi connectivity index (χ3n) is 3.96. The second-order valence-corrected chi connectivity index (χ2v) is 6.64. The first-order valence-electron chi connectivity index (χ1n) is 8.36. The molecular formula is C17H15N7O3S. The van der Waals surface area contributed by atoms with Crippen LogP contribution in [0.4, 0.5) is 0 Å². The largest absolute Gasteiger partial charge is 0.463 e. The van der Waals surface area contributed by atoms with Crippen molar-refractivity contribution in [1.29, 1.82) is 0 Å². The number of hydrogen-bond donors (Lipinski definition) is 1. The molecule has 4 aromatic heterocycles. The summed E-state index contributed by atoms with van der Waals surface area (Å²) in [4.78, 5) is 28.6. The minimum Gasteiger partial charge on any atom is -0.463 e. The average molecular weight is 397 g/mol. The standard InChI is InChI=1S/C17H15N7O3S/c1-11-15(20-22-24(11)17-19-7-10-28-17)16(26)18-6-8-23-14(25)5-4-12(21-23)13-3-2-9-27-13/h2-5,7,9-10H,6,8H2,1H3,(H,18,26). The monoisotopic (exact) mass is 397 g/mol. The van der Waals surface area contributed by atoms with E-state index in [9.17, 15) is 9.59 Å². The van der Waals surface area contributed by atoms with Crippen LogP contribution in [0.1, 0.15) is 16.2 Å². The van der Waals surface area contributed by atoms with E-state index in [1.807, 2.05) is 5.38 Å². The van der Waals surface area contributed by atoms with Gasteiger partial charge >= 0.3 is 0 Å². The van der Waals surface area contributed by atoms with Gasteiger partial charge in [-0.3, -0.25) is 9.59 Å². The quantitative estimate of drug-likeness (QED) is 0.520. The number of carbonyl (C=O) groups excluding carboxylic acids is 1. The van der Waals surface area contributed by atoms with Crippen LogP contribution < -0.4 is 10.9 Å². The summed E-state index contributed by atoms with van der Waals surface area (Å²) in [6, 6.07) is 6.51. The number of aromatic nitrogens is 6. The molecule has 28 heavy (non-hydrogen) atoms. The highest BCUT2D eigenvalue weighted by Crippen LogP contribution is 2.15. The number of furan rings is 1. The zero-order valence-corrected chi connectivity index (χ0v) is 15.6. The molecule has 4 aromatic rings. The Kier molecular flexibility index (Phi) is 4.81. The summed E-state index contributed by atoms with van der Waals surface area (Å²) in [7, 11) is 0. The maximum atomic E-state index is 12.4. The molecule has 0 aliphatic rings. The average Bonchev–Trinajstić information content (AvgIpc) is 3.44. The highest BCUT2D eigenvalue weighted by atomic mass is 32.1. The van der Waals surface area contributed by atoms with Gasteiger partial charge in [-0.15, -0.1) is 16.4 Å². The lowest BCUT2D eigenvalue weighted by Gasteiger charge is -2.07. The molecule has 1 amide bonds. The van der Waals surface area contributed by atoms with Gasteiger partial charge in [-0.1, -0.05) is 5.21 Å². The van der Waals surface area contributed by atoms with Gasteiger partial charge in [0.1, 0.15) is 5.69 Å². The van der Waals surface area contributed by atoms with E-state index >= 15 is 0 Å². The van der Waals surface area contributed by atoms with Crippen LogP contribution in [-0.4, -0.2) is 42.2 Å². The van der Waals surface area contributed by atoms with Crippen LogP contribution in [0.3, 0.4) is 0 Å². The summed E-state index contributed by atoms with van der Waals surface area (Å²) >= 11 is 1.40. The van der Waals surface area contributed by atoms with Gasteiger partial charge in [0.05, 0.1) is 18.5 Å². The number of carbonyl (C=O) groups is 1. The van der Waals surface area contributed by atoms with E-state index in [1.54, 1.807) is 31.3 Å². The lowest BCUT2D eigenvalue weighted by molar-refractivity contribution is 0.0946. The lowest BCUT2D eigenvalue weighted by atomic mass is 10.3. The van der Waals surface area contributed by atoms with E-state index in [0.29, 0.717) is 22.3 Å². The van der Waals surface area contributed by atoms with E-state index in [2.05, 4.69) is 25.7 Å². The zero-order valence-electron chi connectivity index (χ0n) is 14.8. The molecule has 0 bridgehead atoms. The second kappa shape index (κ2) is 7.56. The Morgan fingerprint density at radius 3 is 2.96 bits per heavy atom. The van der Waals surface area contributed by atoms with Crippen molar-refractivity contribution in [2.75, 3.05) is 6.54 Å². The maximum Gasteiger partial charge on any atom is 0.273 e. The number of thiazole rings is 1.